The lowest BCUT2D eigenvalue weighted by molar-refractivity contribution is 0.597. The van der Waals surface area contributed by atoms with Gasteiger partial charge < -0.3 is 5.32 Å². The highest BCUT2D eigenvalue weighted by Crippen LogP contribution is 2.26. The van der Waals surface area contributed by atoms with Gasteiger partial charge in [-0.25, -0.2) is 12.8 Å². The minimum absolute atomic E-state index is 0.0477. The highest BCUT2D eigenvalue weighted by Gasteiger charge is 2.19. The van der Waals surface area contributed by atoms with Crippen molar-refractivity contribution in [1.29, 1.82) is 0 Å². The summed E-state index contributed by atoms with van der Waals surface area (Å²) in [5.41, 5.74) is 0.659. The molecule has 0 saturated heterocycles. The number of hydrogen-bond donors (Lipinski definition) is 2. The second kappa shape index (κ2) is 6.50. The quantitative estimate of drug-likeness (QED) is 0.844. The lowest BCUT2D eigenvalue weighted by Gasteiger charge is -2.11. The van der Waals surface area contributed by atoms with Crippen LogP contribution in [0.4, 0.5) is 10.1 Å². The van der Waals surface area contributed by atoms with Crippen molar-refractivity contribution in [3.63, 3.8) is 0 Å². The van der Waals surface area contributed by atoms with Crippen molar-refractivity contribution in [2.45, 2.75) is 11.4 Å². The SMILES string of the molecule is CNCc1ccc(Br)c(S(=O)(=O)Nc2ccncc2F)c1. The smallest absolute Gasteiger partial charge is 0.263 e. The normalized spacial score (nSPS) is 11.4. The summed E-state index contributed by atoms with van der Waals surface area (Å²) in [6, 6.07) is 6.23. The monoisotopic (exact) mass is 373 g/mol. The molecule has 2 N–H and O–H groups in total. The molecule has 0 aliphatic rings. The van der Waals surface area contributed by atoms with Crippen LogP contribution in [-0.4, -0.2) is 20.4 Å². The fraction of sp³-hybridized carbons (Fsp3) is 0.154. The highest BCUT2D eigenvalue weighted by molar-refractivity contribution is 9.10. The maximum absolute atomic E-state index is 13.5. The van der Waals surface area contributed by atoms with Gasteiger partial charge in [-0.2, -0.15) is 0 Å². The van der Waals surface area contributed by atoms with Crippen LogP contribution in [0, 0.1) is 5.82 Å². The number of benzene rings is 1. The number of nitrogens with one attached hydrogen (secondary N) is 2. The first kappa shape index (κ1) is 15.9. The Balaban J connectivity index is 2.40. The fourth-order valence-electron chi connectivity index (χ4n) is 1.73. The Morgan fingerprint density at radius 1 is 1.33 bits per heavy atom. The number of halogens is 2. The van der Waals surface area contributed by atoms with Gasteiger partial charge in [0.1, 0.15) is 4.90 Å². The zero-order valence-corrected chi connectivity index (χ0v) is 13.5. The van der Waals surface area contributed by atoms with Gasteiger partial charge in [-0.15, -0.1) is 0 Å². The molecule has 5 nitrogen and oxygen atoms in total. The van der Waals surface area contributed by atoms with E-state index in [0.717, 1.165) is 11.8 Å². The summed E-state index contributed by atoms with van der Waals surface area (Å²) >= 11 is 3.20. The van der Waals surface area contributed by atoms with Crippen molar-refractivity contribution in [3.8, 4) is 0 Å². The molecule has 0 unspecified atom stereocenters. The number of nitrogens with zero attached hydrogens (tertiary/aromatic N) is 1. The third kappa shape index (κ3) is 3.78. The van der Waals surface area contributed by atoms with Crippen LogP contribution in [0.1, 0.15) is 5.56 Å². The molecule has 0 fully saturated rings. The Morgan fingerprint density at radius 3 is 2.76 bits per heavy atom. The van der Waals surface area contributed by atoms with E-state index in [1.807, 2.05) is 0 Å². The largest absolute Gasteiger partial charge is 0.316 e. The summed E-state index contributed by atoms with van der Waals surface area (Å²) in [5, 5.41) is 2.94. The third-order valence-corrected chi connectivity index (χ3v) is 5.04. The average molecular weight is 374 g/mol. The van der Waals surface area contributed by atoms with Crippen molar-refractivity contribution in [2.24, 2.45) is 0 Å². The Hall–Kier alpha value is -1.51. The number of pyridine rings is 1. The Bertz CT molecular complexity index is 753. The topological polar surface area (TPSA) is 71.1 Å². The molecule has 0 aliphatic heterocycles. The molecule has 1 heterocycles. The van der Waals surface area contributed by atoms with Gasteiger partial charge in [0.2, 0.25) is 0 Å². The molecular formula is C13H13BrFN3O2S. The fourth-order valence-corrected chi connectivity index (χ4v) is 3.81. The van der Waals surface area contributed by atoms with Gasteiger partial charge in [-0.1, -0.05) is 6.07 Å². The van der Waals surface area contributed by atoms with Crippen LogP contribution in [0.25, 0.3) is 0 Å². The molecule has 0 saturated carbocycles. The first-order valence-corrected chi connectivity index (χ1v) is 8.27. The molecule has 0 atom stereocenters. The van der Waals surface area contributed by atoms with E-state index >= 15 is 0 Å². The van der Waals surface area contributed by atoms with Gasteiger partial charge in [-0.05, 0) is 46.7 Å². The summed E-state index contributed by atoms with van der Waals surface area (Å²) in [5.74, 6) is -0.733. The number of aromatic nitrogens is 1. The van der Waals surface area contributed by atoms with E-state index in [1.165, 1.54) is 18.3 Å². The number of hydrogen-bond acceptors (Lipinski definition) is 4. The lowest BCUT2D eigenvalue weighted by atomic mass is 10.2. The van der Waals surface area contributed by atoms with Gasteiger partial charge in [0.05, 0.1) is 11.9 Å². The molecule has 8 heteroatoms. The molecule has 0 amide bonds. The molecule has 1 aromatic carbocycles. The number of anilines is 1. The molecule has 2 aromatic rings. The zero-order chi connectivity index (χ0) is 15.5. The van der Waals surface area contributed by atoms with Crippen molar-refractivity contribution >= 4 is 31.6 Å². The van der Waals surface area contributed by atoms with Crippen LogP contribution >= 0.6 is 15.9 Å². The second-order valence-electron chi connectivity index (χ2n) is 4.26. The number of rotatable bonds is 5. The molecule has 1 aromatic heterocycles. The van der Waals surface area contributed by atoms with Gasteiger partial charge in [0.15, 0.2) is 5.82 Å². The van der Waals surface area contributed by atoms with Gasteiger partial charge >= 0.3 is 0 Å². The van der Waals surface area contributed by atoms with Gasteiger partial charge in [-0.3, -0.25) is 9.71 Å². The molecule has 2 rings (SSSR count). The van der Waals surface area contributed by atoms with Crippen molar-refractivity contribution in [3.05, 3.63) is 52.5 Å². The molecule has 21 heavy (non-hydrogen) atoms. The first-order valence-electron chi connectivity index (χ1n) is 5.99. The van der Waals surface area contributed by atoms with E-state index in [4.69, 9.17) is 0 Å². The molecule has 112 valence electrons. The Labute approximate surface area is 130 Å². The molecule has 0 spiro atoms. The number of sulfonamides is 1. The van der Waals surface area contributed by atoms with Gasteiger partial charge in [0, 0.05) is 17.2 Å². The van der Waals surface area contributed by atoms with Crippen molar-refractivity contribution < 1.29 is 12.8 Å². The zero-order valence-electron chi connectivity index (χ0n) is 11.1. The Kier molecular flexibility index (Phi) is 4.92. The van der Waals surface area contributed by atoms with Crippen LogP contribution in [-0.2, 0) is 16.6 Å². The summed E-state index contributed by atoms with van der Waals surface area (Å²) < 4.78 is 40.9. The summed E-state index contributed by atoms with van der Waals surface area (Å²) in [6.07, 6.45) is 2.26. The average Bonchev–Trinajstić information content (AvgIpc) is 2.43. The van der Waals surface area contributed by atoms with Crippen molar-refractivity contribution in [2.75, 3.05) is 11.8 Å². The summed E-state index contributed by atoms with van der Waals surface area (Å²) in [7, 11) is -2.14. The third-order valence-electron chi connectivity index (χ3n) is 2.68. The van der Waals surface area contributed by atoms with E-state index < -0.39 is 15.8 Å². The maximum Gasteiger partial charge on any atom is 0.263 e. The predicted molar refractivity (Wildman–Crippen MR) is 81.9 cm³/mol. The summed E-state index contributed by atoms with van der Waals surface area (Å²) in [6.45, 7) is 0.527. The van der Waals surface area contributed by atoms with Crippen LogP contribution < -0.4 is 10.0 Å². The highest BCUT2D eigenvalue weighted by atomic mass is 79.9. The predicted octanol–water partition coefficient (Wildman–Crippen LogP) is 2.50. The van der Waals surface area contributed by atoms with Crippen LogP contribution in [0.3, 0.4) is 0 Å². The van der Waals surface area contributed by atoms with E-state index in [2.05, 4.69) is 31.0 Å². The van der Waals surface area contributed by atoms with E-state index in [9.17, 15) is 12.8 Å². The van der Waals surface area contributed by atoms with Crippen LogP contribution in [0.15, 0.2) is 46.0 Å². The standard InChI is InChI=1S/C13H13BrFN3O2S/c1-16-7-9-2-3-10(14)13(6-9)21(19,20)18-12-4-5-17-8-11(12)15/h2-6,8,16H,7H2,1H3,(H,17,18). The van der Waals surface area contributed by atoms with E-state index in [-0.39, 0.29) is 10.6 Å². The first-order chi connectivity index (χ1) is 9.94. The van der Waals surface area contributed by atoms with Crippen LogP contribution in [0.2, 0.25) is 0 Å². The summed E-state index contributed by atoms with van der Waals surface area (Å²) in [4.78, 5) is 3.62. The van der Waals surface area contributed by atoms with E-state index in [0.29, 0.717) is 11.0 Å². The molecule has 0 bridgehead atoms. The molecule has 0 radical (unpaired) electrons. The molecule has 0 aliphatic carbocycles. The second-order valence-corrected chi connectivity index (χ2v) is 6.76. The minimum Gasteiger partial charge on any atom is -0.316 e. The van der Waals surface area contributed by atoms with E-state index in [1.54, 1.807) is 19.2 Å². The molecular weight excluding hydrogens is 361 g/mol. The minimum atomic E-state index is -3.90. The lowest BCUT2D eigenvalue weighted by Crippen LogP contribution is -2.15. The van der Waals surface area contributed by atoms with Crippen molar-refractivity contribution in [1.82, 2.24) is 10.3 Å². The van der Waals surface area contributed by atoms with Gasteiger partial charge in [0.25, 0.3) is 10.0 Å². The maximum atomic E-state index is 13.5. The Morgan fingerprint density at radius 2 is 2.10 bits per heavy atom. The van der Waals surface area contributed by atoms with Crippen LogP contribution in [0.5, 0.6) is 0 Å².